The van der Waals surface area contributed by atoms with Crippen molar-refractivity contribution in [2.45, 2.75) is 19.8 Å². The quantitative estimate of drug-likeness (QED) is 0.562. The van der Waals surface area contributed by atoms with E-state index in [0.717, 1.165) is 12.8 Å². The summed E-state index contributed by atoms with van der Waals surface area (Å²) in [6.07, 6.45) is 2.05. The number of benzene rings is 1. The molecule has 4 heteroatoms. The third-order valence-corrected chi connectivity index (χ3v) is 2.57. The predicted molar refractivity (Wildman–Crippen MR) is 62.6 cm³/mol. The molecule has 1 aliphatic rings. The van der Waals surface area contributed by atoms with Crippen molar-refractivity contribution >= 4 is 5.78 Å². The Labute approximate surface area is 100 Å². The molecule has 0 fully saturated rings. The van der Waals surface area contributed by atoms with E-state index in [-0.39, 0.29) is 19.2 Å². The van der Waals surface area contributed by atoms with E-state index in [2.05, 4.69) is 6.92 Å². The fourth-order valence-electron chi connectivity index (χ4n) is 1.56. The van der Waals surface area contributed by atoms with E-state index < -0.39 is 0 Å². The second kappa shape index (κ2) is 5.68. The summed E-state index contributed by atoms with van der Waals surface area (Å²) in [6, 6.07) is 5.19. The summed E-state index contributed by atoms with van der Waals surface area (Å²) in [7, 11) is 0. The van der Waals surface area contributed by atoms with Gasteiger partial charge in [-0.2, -0.15) is 0 Å². The highest BCUT2D eigenvalue weighted by Crippen LogP contribution is 2.32. The average molecular weight is 236 g/mol. The average Bonchev–Trinajstić information content (AvgIpc) is 2.81. The van der Waals surface area contributed by atoms with Gasteiger partial charge in [-0.3, -0.25) is 4.79 Å². The summed E-state index contributed by atoms with van der Waals surface area (Å²) >= 11 is 0. The molecule has 0 aromatic heterocycles. The number of carbonyl (C=O) groups is 1. The molecule has 92 valence electrons. The molecule has 0 bridgehead atoms. The Balaban J connectivity index is 1.91. The fourth-order valence-corrected chi connectivity index (χ4v) is 1.56. The molecule has 0 saturated carbocycles. The van der Waals surface area contributed by atoms with E-state index in [4.69, 9.17) is 14.2 Å². The molecule has 1 aromatic carbocycles. The summed E-state index contributed by atoms with van der Waals surface area (Å²) in [5, 5.41) is 0. The molecule has 1 heterocycles. The first-order valence-electron chi connectivity index (χ1n) is 5.82. The molecule has 4 nitrogen and oxygen atoms in total. The van der Waals surface area contributed by atoms with Crippen LogP contribution in [0.25, 0.3) is 0 Å². The molecule has 1 aromatic rings. The van der Waals surface area contributed by atoms with Crippen LogP contribution in [0.4, 0.5) is 0 Å². The molecule has 0 N–H and O–H groups in total. The van der Waals surface area contributed by atoms with E-state index >= 15 is 0 Å². The van der Waals surface area contributed by atoms with E-state index in [1.807, 2.05) is 0 Å². The highest BCUT2D eigenvalue weighted by molar-refractivity contribution is 5.97. The molecule has 2 rings (SSSR count). The first kappa shape index (κ1) is 11.9. The van der Waals surface area contributed by atoms with Crippen molar-refractivity contribution in [3.8, 4) is 11.5 Å². The van der Waals surface area contributed by atoms with Crippen LogP contribution in [-0.2, 0) is 4.74 Å². The maximum atomic E-state index is 11.8. The SMILES string of the molecule is CCCCOCC(=O)c1ccc2c(c1)OCO2. The van der Waals surface area contributed by atoms with E-state index in [9.17, 15) is 4.79 Å². The van der Waals surface area contributed by atoms with Gasteiger partial charge in [0.2, 0.25) is 6.79 Å². The Bertz CT molecular complexity index is 400. The second-order valence-corrected chi connectivity index (χ2v) is 3.90. The molecule has 0 aliphatic carbocycles. The molecule has 0 amide bonds. The van der Waals surface area contributed by atoms with Crippen LogP contribution in [0.5, 0.6) is 11.5 Å². The van der Waals surface area contributed by atoms with Crippen molar-refractivity contribution in [1.82, 2.24) is 0 Å². The van der Waals surface area contributed by atoms with Crippen LogP contribution in [0.1, 0.15) is 30.1 Å². The lowest BCUT2D eigenvalue weighted by Crippen LogP contribution is -2.09. The number of rotatable bonds is 6. The number of Topliss-reactive ketones (excluding diaryl/α,β-unsaturated/α-hetero) is 1. The molecule has 0 unspecified atom stereocenters. The molecule has 0 spiro atoms. The number of hydrogen-bond acceptors (Lipinski definition) is 4. The Kier molecular flexibility index (Phi) is 3.98. The van der Waals surface area contributed by atoms with Gasteiger partial charge in [0, 0.05) is 12.2 Å². The summed E-state index contributed by atoms with van der Waals surface area (Å²) in [5.74, 6) is 1.29. The number of ether oxygens (including phenoxy) is 3. The van der Waals surface area contributed by atoms with Gasteiger partial charge in [0.25, 0.3) is 0 Å². The summed E-state index contributed by atoms with van der Waals surface area (Å²) in [5.41, 5.74) is 0.603. The van der Waals surface area contributed by atoms with E-state index in [0.29, 0.717) is 23.7 Å². The monoisotopic (exact) mass is 236 g/mol. The highest BCUT2D eigenvalue weighted by atomic mass is 16.7. The molecular weight excluding hydrogens is 220 g/mol. The third kappa shape index (κ3) is 2.97. The van der Waals surface area contributed by atoms with Crippen molar-refractivity contribution in [2.75, 3.05) is 20.0 Å². The van der Waals surface area contributed by atoms with Crippen LogP contribution in [-0.4, -0.2) is 25.8 Å². The standard InChI is InChI=1S/C13H16O4/c1-2-3-6-15-8-11(14)10-4-5-12-13(7-10)17-9-16-12/h4-5,7H,2-3,6,8-9H2,1H3. The van der Waals surface area contributed by atoms with Gasteiger partial charge in [-0.05, 0) is 24.6 Å². The minimum atomic E-state index is -0.0283. The lowest BCUT2D eigenvalue weighted by atomic mass is 10.1. The Morgan fingerprint density at radius 1 is 1.35 bits per heavy atom. The van der Waals surface area contributed by atoms with Crippen molar-refractivity contribution in [1.29, 1.82) is 0 Å². The number of ketones is 1. The normalized spacial score (nSPS) is 12.8. The molecule has 17 heavy (non-hydrogen) atoms. The smallest absolute Gasteiger partial charge is 0.231 e. The maximum Gasteiger partial charge on any atom is 0.231 e. The van der Waals surface area contributed by atoms with Gasteiger partial charge >= 0.3 is 0 Å². The molecule has 1 aliphatic heterocycles. The van der Waals surface area contributed by atoms with Gasteiger partial charge < -0.3 is 14.2 Å². The van der Waals surface area contributed by atoms with Crippen LogP contribution in [0.15, 0.2) is 18.2 Å². The van der Waals surface area contributed by atoms with Crippen molar-refractivity contribution in [2.24, 2.45) is 0 Å². The minimum Gasteiger partial charge on any atom is -0.454 e. The lowest BCUT2D eigenvalue weighted by Gasteiger charge is -2.03. The fraction of sp³-hybridized carbons (Fsp3) is 0.462. The Morgan fingerprint density at radius 3 is 3.00 bits per heavy atom. The van der Waals surface area contributed by atoms with E-state index in [1.165, 1.54) is 0 Å². The van der Waals surface area contributed by atoms with Crippen LogP contribution < -0.4 is 9.47 Å². The van der Waals surface area contributed by atoms with Gasteiger partial charge in [0.05, 0.1) is 0 Å². The molecule has 0 radical (unpaired) electrons. The van der Waals surface area contributed by atoms with E-state index in [1.54, 1.807) is 18.2 Å². The topological polar surface area (TPSA) is 44.8 Å². The Morgan fingerprint density at radius 2 is 2.18 bits per heavy atom. The van der Waals surface area contributed by atoms with Gasteiger partial charge in [0.15, 0.2) is 17.3 Å². The largest absolute Gasteiger partial charge is 0.454 e. The Hall–Kier alpha value is -1.55. The summed E-state index contributed by atoms with van der Waals surface area (Å²) in [6.45, 7) is 3.06. The first-order valence-corrected chi connectivity index (χ1v) is 5.82. The van der Waals surface area contributed by atoms with Crippen molar-refractivity contribution < 1.29 is 19.0 Å². The zero-order valence-corrected chi connectivity index (χ0v) is 9.90. The summed E-state index contributed by atoms with van der Waals surface area (Å²) in [4.78, 5) is 11.8. The highest BCUT2D eigenvalue weighted by Gasteiger charge is 2.15. The third-order valence-electron chi connectivity index (χ3n) is 2.57. The van der Waals surface area contributed by atoms with Crippen LogP contribution in [0, 0.1) is 0 Å². The molecule has 0 saturated heterocycles. The minimum absolute atomic E-state index is 0.0283. The number of fused-ring (bicyclic) bond motifs is 1. The van der Waals surface area contributed by atoms with Crippen molar-refractivity contribution in [3.63, 3.8) is 0 Å². The zero-order chi connectivity index (χ0) is 12.1. The second-order valence-electron chi connectivity index (χ2n) is 3.90. The number of carbonyl (C=O) groups excluding carboxylic acids is 1. The maximum absolute atomic E-state index is 11.8. The molecular formula is C13H16O4. The van der Waals surface area contributed by atoms with Crippen LogP contribution >= 0.6 is 0 Å². The zero-order valence-electron chi connectivity index (χ0n) is 9.90. The van der Waals surface area contributed by atoms with Crippen LogP contribution in [0.3, 0.4) is 0 Å². The lowest BCUT2D eigenvalue weighted by molar-refractivity contribution is 0.0754. The number of hydrogen-bond donors (Lipinski definition) is 0. The van der Waals surface area contributed by atoms with Gasteiger partial charge in [0.1, 0.15) is 6.61 Å². The first-order chi connectivity index (χ1) is 8.31. The van der Waals surface area contributed by atoms with Gasteiger partial charge in [-0.1, -0.05) is 13.3 Å². The summed E-state index contributed by atoms with van der Waals surface area (Å²) < 4.78 is 15.7. The van der Waals surface area contributed by atoms with Gasteiger partial charge in [-0.15, -0.1) is 0 Å². The predicted octanol–water partition coefficient (Wildman–Crippen LogP) is 2.41. The number of unbranched alkanes of at least 4 members (excludes halogenated alkanes) is 1. The van der Waals surface area contributed by atoms with Crippen LogP contribution in [0.2, 0.25) is 0 Å². The molecule has 0 atom stereocenters. The van der Waals surface area contributed by atoms with Gasteiger partial charge in [-0.25, -0.2) is 0 Å². The van der Waals surface area contributed by atoms with Crippen molar-refractivity contribution in [3.05, 3.63) is 23.8 Å².